The van der Waals surface area contributed by atoms with Gasteiger partial charge in [-0.1, -0.05) is 32.0 Å². The number of likely N-dealkylation sites (N-methyl/N-ethyl adjacent to an activating group) is 1. The van der Waals surface area contributed by atoms with Gasteiger partial charge < -0.3 is 15.0 Å². The van der Waals surface area contributed by atoms with Crippen LogP contribution in [0, 0.1) is 5.82 Å². The van der Waals surface area contributed by atoms with Crippen LogP contribution in [0.25, 0.3) is 0 Å². The maximum absolute atomic E-state index is 13.1. The molecule has 2 aromatic rings. The molecule has 0 spiro atoms. The molecule has 0 unspecified atom stereocenters. The van der Waals surface area contributed by atoms with Gasteiger partial charge in [0.25, 0.3) is 5.91 Å². The number of halogens is 1. The molecule has 0 heterocycles. The molecule has 0 atom stereocenters. The number of nitrogens with one attached hydrogen (secondary N) is 1. The summed E-state index contributed by atoms with van der Waals surface area (Å²) >= 11 is 0. The van der Waals surface area contributed by atoms with Crippen LogP contribution in [0.5, 0.6) is 5.75 Å². The van der Waals surface area contributed by atoms with Crippen LogP contribution >= 0.6 is 0 Å². The lowest BCUT2D eigenvalue weighted by molar-refractivity contribution is -0.135. The molecule has 0 aliphatic carbocycles. The summed E-state index contributed by atoms with van der Waals surface area (Å²) in [5.74, 6) is -0.155. The Labute approximate surface area is 152 Å². The van der Waals surface area contributed by atoms with Crippen molar-refractivity contribution in [2.24, 2.45) is 0 Å². The fourth-order valence-electron chi connectivity index (χ4n) is 2.27. The zero-order chi connectivity index (χ0) is 19.1. The molecule has 1 N–H and O–H groups in total. The van der Waals surface area contributed by atoms with Crippen LogP contribution < -0.4 is 10.1 Å². The van der Waals surface area contributed by atoms with Crippen LogP contribution in [0.15, 0.2) is 48.5 Å². The first-order chi connectivity index (χ1) is 12.3. The summed E-state index contributed by atoms with van der Waals surface area (Å²) in [6, 6.07) is 13.1. The van der Waals surface area contributed by atoms with Gasteiger partial charge in [0, 0.05) is 12.7 Å². The third-order valence-corrected chi connectivity index (χ3v) is 3.82. The maximum atomic E-state index is 13.1. The average Bonchev–Trinajstić information content (AvgIpc) is 2.59. The molecule has 2 amide bonds. The van der Waals surface area contributed by atoms with Gasteiger partial charge >= 0.3 is 0 Å². The van der Waals surface area contributed by atoms with Crippen LogP contribution in [0.1, 0.15) is 25.3 Å². The molecular weight excluding hydrogens is 335 g/mol. The number of carbonyl (C=O) groups is 2. The molecule has 6 heteroatoms. The first kappa shape index (κ1) is 19.4. The normalized spacial score (nSPS) is 10.5. The Balaban J connectivity index is 1.80. The summed E-state index contributed by atoms with van der Waals surface area (Å²) in [5.41, 5.74) is 1.53. The second-order valence-electron chi connectivity index (χ2n) is 6.32. The van der Waals surface area contributed by atoms with E-state index in [-0.39, 0.29) is 19.1 Å². The summed E-state index contributed by atoms with van der Waals surface area (Å²) in [6.07, 6.45) is 0. The molecule has 0 saturated carbocycles. The Hall–Kier alpha value is -2.89. The number of rotatable bonds is 7. The van der Waals surface area contributed by atoms with Gasteiger partial charge in [0.15, 0.2) is 6.61 Å². The van der Waals surface area contributed by atoms with Crippen molar-refractivity contribution >= 4 is 17.5 Å². The molecule has 2 aromatic carbocycles. The van der Waals surface area contributed by atoms with Crippen LogP contribution in [0.2, 0.25) is 0 Å². The monoisotopic (exact) mass is 358 g/mol. The zero-order valence-electron chi connectivity index (χ0n) is 15.2. The van der Waals surface area contributed by atoms with Gasteiger partial charge in [-0.2, -0.15) is 0 Å². The van der Waals surface area contributed by atoms with Crippen molar-refractivity contribution < 1.29 is 18.7 Å². The highest BCUT2D eigenvalue weighted by molar-refractivity contribution is 5.94. The van der Waals surface area contributed by atoms with E-state index in [0.717, 1.165) is 0 Å². The van der Waals surface area contributed by atoms with E-state index in [0.29, 0.717) is 17.4 Å². The summed E-state index contributed by atoms with van der Waals surface area (Å²) in [7, 11) is 1.51. The Bertz CT molecular complexity index is 760. The summed E-state index contributed by atoms with van der Waals surface area (Å²) < 4.78 is 18.6. The number of ether oxygens (including phenoxy) is 1. The Morgan fingerprint density at radius 2 is 1.85 bits per heavy atom. The van der Waals surface area contributed by atoms with Gasteiger partial charge in [-0.25, -0.2) is 4.39 Å². The molecule has 26 heavy (non-hydrogen) atoms. The minimum atomic E-state index is -0.441. The van der Waals surface area contributed by atoms with Crippen LogP contribution in [-0.2, 0) is 9.59 Å². The molecule has 0 aliphatic heterocycles. The van der Waals surface area contributed by atoms with E-state index in [1.54, 1.807) is 6.07 Å². The highest BCUT2D eigenvalue weighted by Crippen LogP contribution is 2.18. The standard InChI is InChI=1S/C20H23FN2O3/c1-14(2)15-7-9-18(10-8-15)26-13-20(25)23(3)12-19(24)22-17-6-4-5-16(21)11-17/h4-11,14H,12-13H2,1-3H3,(H,22,24). The molecule has 0 fully saturated rings. The van der Waals surface area contributed by atoms with Gasteiger partial charge in [0.1, 0.15) is 11.6 Å². The van der Waals surface area contributed by atoms with Gasteiger partial charge in [-0.05, 0) is 41.8 Å². The fourth-order valence-corrected chi connectivity index (χ4v) is 2.27. The highest BCUT2D eigenvalue weighted by atomic mass is 19.1. The minimum absolute atomic E-state index is 0.148. The topological polar surface area (TPSA) is 58.6 Å². The predicted molar refractivity (Wildman–Crippen MR) is 98.7 cm³/mol. The number of amides is 2. The van der Waals surface area contributed by atoms with Crippen LogP contribution in [-0.4, -0.2) is 36.9 Å². The van der Waals surface area contributed by atoms with Crippen molar-refractivity contribution in [1.29, 1.82) is 0 Å². The van der Waals surface area contributed by atoms with Crippen molar-refractivity contribution in [3.05, 3.63) is 59.9 Å². The smallest absolute Gasteiger partial charge is 0.260 e. The first-order valence-corrected chi connectivity index (χ1v) is 8.37. The second kappa shape index (κ2) is 8.99. The van der Waals surface area contributed by atoms with E-state index in [1.807, 2.05) is 24.3 Å². The number of hydrogen-bond acceptors (Lipinski definition) is 3. The van der Waals surface area contributed by atoms with E-state index in [1.165, 1.54) is 35.7 Å². The maximum Gasteiger partial charge on any atom is 0.260 e. The third kappa shape index (κ3) is 5.88. The molecule has 0 bridgehead atoms. The molecule has 0 radical (unpaired) electrons. The molecule has 2 rings (SSSR count). The Morgan fingerprint density at radius 1 is 1.15 bits per heavy atom. The summed E-state index contributed by atoms with van der Waals surface area (Å²) in [5, 5.41) is 2.55. The summed E-state index contributed by atoms with van der Waals surface area (Å²) in [4.78, 5) is 25.3. The number of nitrogens with zero attached hydrogens (tertiary/aromatic N) is 1. The van der Waals surface area contributed by atoms with Crippen LogP contribution in [0.3, 0.4) is 0 Å². The third-order valence-electron chi connectivity index (χ3n) is 3.82. The fraction of sp³-hybridized carbons (Fsp3) is 0.300. The Kier molecular flexibility index (Phi) is 6.72. The quantitative estimate of drug-likeness (QED) is 0.825. The van der Waals surface area contributed by atoms with Crippen molar-refractivity contribution in [2.45, 2.75) is 19.8 Å². The molecule has 0 aromatic heterocycles. The van der Waals surface area contributed by atoms with Crippen molar-refractivity contribution in [1.82, 2.24) is 4.90 Å². The molecule has 138 valence electrons. The van der Waals surface area contributed by atoms with E-state index in [2.05, 4.69) is 19.2 Å². The molecular formula is C20H23FN2O3. The van der Waals surface area contributed by atoms with Crippen molar-refractivity contribution in [2.75, 3.05) is 25.5 Å². The Morgan fingerprint density at radius 3 is 2.46 bits per heavy atom. The van der Waals surface area contributed by atoms with E-state index < -0.39 is 11.7 Å². The van der Waals surface area contributed by atoms with Gasteiger partial charge in [0.2, 0.25) is 5.91 Å². The SMILES string of the molecule is CC(C)c1ccc(OCC(=O)N(C)CC(=O)Nc2cccc(F)c2)cc1. The highest BCUT2D eigenvalue weighted by Gasteiger charge is 2.14. The van der Waals surface area contributed by atoms with Crippen molar-refractivity contribution in [3.63, 3.8) is 0 Å². The van der Waals surface area contributed by atoms with E-state index in [9.17, 15) is 14.0 Å². The van der Waals surface area contributed by atoms with Crippen molar-refractivity contribution in [3.8, 4) is 5.75 Å². The lowest BCUT2D eigenvalue weighted by Crippen LogP contribution is -2.37. The largest absolute Gasteiger partial charge is 0.484 e. The number of hydrogen-bond donors (Lipinski definition) is 1. The van der Waals surface area contributed by atoms with Crippen LogP contribution in [0.4, 0.5) is 10.1 Å². The zero-order valence-corrected chi connectivity index (χ0v) is 15.2. The molecule has 0 aliphatic rings. The number of anilines is 1. The average molecular weight is 358 g/mol. The number of carbonyl (C=O) groups excluding carboxylic acids is 2. The molecule has 0 saturated heterocycles. The minimum Gasteiger partial charge on any atom is -0.484 e. The van der Waals surface area contributed by atoms with Gasteiger partial charge in [-0.3, -0.25) is 9.59 Å². The molecule has 5 nitrogen and oxygen atoms in total. The number of benzene rings is 2. The van der Waals surface area contributed by atoms with Gasteiger partial charge in [-0.15, -0.1) is 0 Å². The lowest BCUT2D eigenvalue weighted by atomic mass is 10.0. The summed E-state index contributed by atoms with van der Waals surface area (Å²) in [6.45, 7) is 3.89. The first-order valence-electron chi connectivity index (χ1n) is 8.37. The van der Waals surface area contributed by atoms with E-state index in [4.69, 9.17) is 4.74 Å². The lowest BCUT2D eigenvalue weighted by Gasteiger charge is -2.17. The van der Waals surface area contributed by atoms with E-state index >= 15 is 0 Å². The predicted octanol–water partition coefficient (Wildman–Crippen LogP) is 3.43. The second-order valence-corrected chi connectivity index (χ2v) is 6.32. The van der Waals surface area contributed by atoms with Gasteiger partial charge in [0.05, 0.1) is 6.54 Å².